The number of benzene rings is 1. The minimum atomic E-state index is -0.307. The largest absolute Gasteiger partial charge is 0.303 e. The number of nitrogens with zero attached hydrogens (tertiary/aromatic N) is 1. The van der Waals surface area contributed by atoms with Crippen LogP contribution in [-0.2, 0) is 0 Å². The fraction of sp³-hybridized carbons (Fsp3) is 0.389. The summed E-state index contributed by atoms with van der Waals surface area (Å²) < 4.78 is 13.1. The molecule has 1 atom stereocenters. The second-order valence-electron chi connectivity index (χ2n) is 5.95. The van der Waals surface area contributed by atoms with Gasteiger partial charge in [0, 0.05) is 6.04 Å². The van der Waals surface area contributed by atoms with E-state index in [1.54, 1.807) is 6.07 Å². The second-order valence-corrected chi connectivity index (χ2v) is 5.95. The van der Waals surface area contributed by atoms with Gasteiger partial charge in [0.25, 0.3) is 0 Å². The quantitative estimate of drug-likeness (QED) is 0.909. The van der Waals surface area contributed by atoms with Crippen LogP contribution in [0.1, 0.15) is 47.8 Å². The number of nitrogens with one attached hydrogen (secondary N) is 1. The molecule has 0 aliphatic carbocycles. The molecule has 0 amide bonds. The van der Waals surface area contributed by atoms with Crippen molar-refractivity contribution in [3.63, 3.8) is 0 Å². The zero-order chi connectivity index (χ0) is 15.6. The second kappa shape index (κ2) is 6.35. The van der Waals surface area contributed by atoms with E-state index in [9.17, 15) is 4.39 Å². The first-order valence-corrected chi connectivity index (χ1v) is 7.33. The van der Waals surface area contributed by atoms with Crippen molar-refractivity contribution in [3.05, 3.63) is 64.2 Å². The van der Waals surface area contributed by atoms with Crippen molar-refractivity contribution in [2.24, 2.45) is 0 Å². The Morgan fingerprint density at radius 3 is 2.24 bits per heavy atom. The Kier molecular flexibility index (Phi) is 4.73. The van der Waals surface area contributed by atoms with Crippen LogP contribution in [0.4, 0.5) is 4.39 Å². The maximum atomic E-state index is 13.1. The average Bonchev–Trinajstić information content (AvgIpc) is 2.41. The molecule has 0 aliphatic heterocycles. The summed E-state index contributed by atoms with van der Waals surface area (Å²) in [7, 11) is 0. The molecule has 0 fully saturated rings. The summed E-state index contributed by atoms with van der Waals surface area (Å²) in [5.41, 5.74) is 5.81. The van der Waals surface area contributed by atoms with E-state index in [0.29, 0.717) is 6.04 Å². The van der Waals surface area contributed by atoms with Crippen LogP contribution in [0, 0.1) is 26.6 Å². The lowest BCUT2D eigenvalue weighted by atomic mass is 9.93. The predicted octanol–water partition coefficient (Wildman–Crippen LogP) is 4.23. The molecule has 2 rings (SSSR count). The molecular formula is C18H23FN2. The van der Waals surface area contributed by atoms with E-state index in [2.05, 4.69) is 57.1 Å². The molecule has 3 heteroatoms. The van der Waals surface area contributed by atoms with E-state index in [1.165, 1.54) is 34.5 Å². The summed E-state index contributed by atoms with van der Waals surface area (Å²) in [6.45, 7) is 10.6. The van der Waals surface area contributed by atoms with Crippen molar-refractivity contribution in [1.82, 2.24) is 10.3 Å². The molecule has 0 saturated heterocycles. The zero-order valence-corrected chi connectivity index (χ0v) is 13.4. The van der Waals surface area contributed by atoms with E-state index in [1.807, 2.05) is 0 Å². The highest BCUT2D eigenvalue weighted by Crippen LogP contribution is 2.27. The smallest absolute Gasteiger partial charge is 0.141 e. The number of halogens is 1. The Bertz CT molecular complexity index is 618. The highest BCUT2D eigenvalue weighted by Gasteiger charge is 2.19. The van der Waals surface area contributed by atoms with Crippen molar-refractivity contribution >= 4 is 0 Å². The molecule has 112 valence electrons. The van der Waals surface area contributed by atoms with Gasteiger partial charge in [-0.05, 0) is 69.0 Å². The minimum Gasteiger partial charge on any atom is -0.303 e. The number of pyridine rings is 1. The maximum Gasteiger partial charge on any atom is 0.141 e. The molecule has 0 spiro atoms. The average molecular weight is 286 g/mol. The number of hydrogen-bond donors (Lipinski definition) is 1. The van der Waals surface area contributed by atoms with E-state index >= 15 is 0 Å². The van der Waals surface area contributed by atoms with Gasteiger partial charge in [0.1, 0.15) is 5.82 Å². The van der Waals surface area contributed by atoms with Gasteiger partial charge in [-0.25, -0.2) is 4.39 Å². The number of rotatable bonds is 4. The van der Waals surface area contributed by atoms with Crippen molar-refractivity contribution in [2.75, 3.05) is 0 Å². The molecular weight excluding hydrogens is 263 g/mol. The van der Waals surface area contributed by atoms with E-state index < -0.39 is 0 Å². The summed E-state index contributed by atoms with van der Waals surface area (Å²) >= 11 is 0. The van der Waals surface area contributed by atoms with E-state index in [0.717, 1.165) is 5.69 Å². The molecule has 0 saturated carbocycles. The van der Waals surface area contributed by atoms with Crippen LogP contribution in [0.25, 0.3) is 0 Å². The lowest BCUT2D eigenvalue weighted by molar-refractivity contribution is 0.515. The van der Waals surface area contributed by atoms with Gasteiger partial charge in [0.15, 0.2) is 0 Å². The van der Waals surface area contributed by atoms with Crippen LogP contribution in [0.5, 0.6) is 0 Å². The maximum absolute atomic E-state index is 13.1. The first-order valence-electron chi connectivity index (χ1n) is 7.33. The lowest BCUT2D eigenvalue weighted by Crippen LogP contribution is -2.30. The van der Waals surface area contributed by atoms with Gasteiger partial charge in [-0.2, -0.15) is 0 Å². The first kappa shape index (κ1) is 15.6. The number of aromatic nitrogens is 1. The van der Waals surface area contributed by atoms with Gasteiger partial charge in [-0.1, -0.05) is 12.1 Å². The summed E-state index contributed by atoms with van der Waals surface area (Å²) in [6, 6.07) is 7.91. The van der Waals surface area contributed by atoms with E-state index in [-0.39, 0.29) is 11.9 Å². The fourth-order valence-corrected chi connectivity index (χ4v) is 2.52. The van der Waals surface area contributed by atoms with Crippen LogP contribution in [0.3, 0.4) is 0 Å². The highest BCUT2D eigenvalue weighted by molar-refractivity contribution is 5.41. The molecule has 2 aromatic rings. The van der Waals surface area contributed by atoms with Crippen molar-refractivity contribution in [2.45, 2.75) is 46.7 Å². The normalized spacial score (nSPS) is 12.7. The van der Waals surface area contributed by atoms with Crippen molar-refractivity contribution in [1.29, 1.82) is 0 Å². The number of hydrogen-bond acceptors (Lipinski definition) is 2. The van der Waals surface area contributed by atoms with Gasteiger partial charge >= 0.3 is 0 Å². The number of aryl methyl sites for hydroxylation is 3. The van der Waals surface area contributed by atoms with Crippen molar-refractivity contribution < 1.29 is 4.39 Å². The predicted molar refractivity (Wildman–Crippen MR) is 85.0 cm³/mol. The van der Waals surface area contributed by atoms with Crippen LogP contribution >= 0.6 is 0 Å². The highest BCUT2D eigenvalue weighted by atomic mass is 19.1. The third-order valence-corrected chi connectivity index (χ3v) is 3.74. The minimum absolute atomic E-state index is 0.0232. The Labute approximate surface area is 126 Å². The molecule has 1 unspecified atom stereocenters. The fourth-order valence-electron chi connectivity index (χ4n) is 2.52. The summed E-state index contributed by atoms with van der Waals surface area (Å²) in [6.07, 6.45) is 1.28. The van der Waals surface area contributed by atoms with Gasteiger partial charge in [0.05, 0.1) is 17.9 Å². The summed E-state index contributed by atoms with van der Waals surface area (Å²) in [5, 5.41) is 3.53. The molecule has 1 N–H and O–H groups in total. The van der Waals surface area contributed by atoms with Crippen LogP contribution in [0.2, 0.25) is 0 Å². The molecule has 0 bridgehead atoms. The zero-order valence-electron chi connectivity index (χ0n) is 13.4. The van der Waals surface area contributed by atoms with Crippen LogP contribution < -0.4 is 5.32 Å². The Hall–Kier alpha value is -1.74. The standard InChI is InChI=1S/C18H23FN2/c1-11(2)21-18(17-7-6-15(19)10-20-17)16-9-13(4)12(3)8-14(16)5/h6-11,18,21H,1-5H3. The third-order valence-electron chi connectivity index (χ3n) is 3.74. The van der Waals surface area contributed by atoms with Crippen molar-refractivity contribution in [3.8, 4) is 0 Å². The van der Waals surface area contributed by atoms with Crippen LogP contribution in [-0.4, -0.2) is 11.0 Å². The lowest BCUT2D eigenvalue weighted by Gasteiger charge is -2.24. The Morgan fingerprint density at radius 2 is 1.67 bits per heavy atom. The van der Waals surface area contributed by atoms with Gasteiger partial charge in [-0.3, -0.25) is 4.98 Å². The summed E-state index contributed by atoms with van der Waals surface area (Å²) in [4.78, 5) is 4.26. The first-order chi connectivity index (χ1) is 9.88. The Morgan fingerprint density at radius 1 is 1.00 bits per heavy atom. The molecule has 1 heterocycles. The van der Waals surface area contributed by atoms with E-state index in [4.69, 9.17) is 0 Å². The molecule has 1 aromatic carbocycles. The topological polar surface area (TPSA) is 24.9 Å². The third kappa shape index (κ3) is 3.67. The molecule has 21 heavy (non-hydrogen) atoms. The van der Waals surface area contributed by atoms with Gasteiger partial charge in [-0.15, -0.1) is 0 Å². The Balaban J connectivity index is 2.50. The molecule has 2 nitrogen and oxygen atoms in total. The monoisotopic (exact) mass is 286 g/mol. The van der Waals surface area contributed by atoms with Gasteiger partial charge < -0.3 is 5.32 Å². The molecule has 0 aliphatic rings. The van der Waals surface area contributed by atoms with Gasteiger partial charge in [0.2, 0.25) is 0 Å². The molecule has 1 aromatic heterocycles. The SMILES string of the molecule is Cc1cc(C)c(C(NC(C)C)c2ccc(F)cn2)cc1C. The molecule has 0 radical (unpaired) electrons. The van der Waals surface area contributed by atoms with Crippen LogP contribution in [0.15, 0.2) is 30.5 Å². The summed E-state index contributed by atoms with van der Waals surface area (Å²) in [5.74, 6) is -0.307.